The summed E-state index contributed by atoms with van der Waals surface area (Å²) in [6.07, 6.45) is 0. The molecule has 1 aromatic carbocycles. The van der Waals surface area contributed by atoms with Crippen molar-refractivity contribution in [1.29, 1.82) is 0 Å². The molecule has 0 unspecified atom stereocenters. The van der Waals surface area contributed by atoms with Gasteiger partial charge in [-0.2, -0.15) is 0 Å². The number of nitrogens with zero attached hydrogens (tertiary/aromatic N) is 1. The Labute approximate surface area is 129 Å². The molecule has 1 aromatic heterocycles. The zero-order valence-electron chi connectivity index (χ0n) is 12.9. The van der Waals surface area contributed by atoms with Crippen molar-refractivity contribution in [2.45, 2.75) is 40.3 Å². The summed E-state index contributed by atoms with van der Waals surface area (Å²) in [7, 11) is 0. The maximum atomic E-state index is 12.9. The second-order valence-corrected chi connectivity index (χ2v) is 7.77. The zero-order chi connectivity index (χ0) is 15.3. The van der Waals surface area contributed by atoms with Crippen LogP contribution in [0, 0.1) is 16.6 Å². The molecule has 2 aromatic rings. The number of hydrogen-bond acceptors (Lipinski definition) is 3. The van der Waals surface area contributed by atoms with Crippen molar-refractivity contribution < 1.29 is 4.39 Å². The van der Waals surface area contributed by atoms with Crippen molar-refractivity contribution in [2.24, 2.45) is 10.8 Å². The van der Waals surface area contributed by atoms with Gasteiger partial charge in [0.05, 0.1) is 5.69 Å². The average molecular weight is 304 g/mol. The molecule has 21 heavy (non-hydrogen) atoms. The quantitative estimate of drug-likeness (QED) is 0.901. The maximum absolute atomic E-state index is 12.9. The van der Waals surface area contributed by atoms with Crippen LogP contribution >= 0.6 is 11.3 Å². The highest BCUT2D eigenvalue weighted by Crippen LogP contribution is 2.62. The Morgan fingerprint density at radius 1 is 1.14 bits per heavy atom. The van der Waals surface area contributed by atoms with E-state index in [2.05, 4.69) is 43.4 Å². The van der Waals surface area contributed by atoms with Gasteiger partial charge in [0, 0.05) is 23.5 Å². The zero-order valence-corrected chi connectivity index (χ0v) is 13.7. The van der Waals surface area contributed by atoms with Gasteiger partial charge in [-0.3, -0.25) is 0 Å². The molecule has 0 radical (unpaired) electrons. The van der Waals surface area contributed by atoms with Gasteiger partial charge in [-0.1, -0.05) is 27.7 Å². The molecule has 0 saturated heterocycles. The second-order valence-electron chi connectivity index (χ2n) is 6.91. The van der Waals surface area contributed by atoms with Crippen molar-refractivity contribution in [3.63, 3.8) is 0 Å². The van der Waals surface area contributed by atoms with Crippen molar-refractivity contribution >= 4 is 11.3 Å². The first-order valence-electron chi connectivity index (χ1n) is 7.26. The molecule has 3 rings (SSSR count). The van der Waals surface area contributed by atoms with Crippen LogP contribution in [0.1, 0.15) is 33.4 Å². The number of rotatable bonds is 4. The van der Waals surface area contributed by atoms with E-state index >= 15 is 0 Å². The molecule has 1 heterocycles. The van der Waals surface area contributed by atoms with Crippen LogP contribution in [-0.2, 0) is 6.54 Å². The number of halogens is 1. The van der Waals surface area contributed by atoms with E-state index in [1.807, 2.05) is 0 Å². The van der Waals surface area contributed by atoms with Crippen LogP contribution in [0.15, 0.2) is 29.6 Å². The first-order valence-corrected chi connectivity index (χ1v) is 8.14. The minimum Gasteiger partial charge on any atom is -0.307 e. The van der Waals surface area contributed by atoms with E-state index in [9.17, 15) is 4.39 Å². The van der Waals surface area contributed by atoms with Gasteiger partial charge < -0.3 is 5.32 Å². The molecule has 0 amide bonds. The SMILES string of the molecule is CC1(C)C(NCc2csc(-c3ccc(F)cc3)n2)C1(C)C. The van der Waals surface area contributed by atoms with Crippen LogP contribution in [-0.4, -0.2) is 11.0 Å². The van der Waals surface area contributed by atoms with Gasteiger partial charge >= 0.3 is 0 Å². The van der Waals surface area contributed by atoms with Crippen LogP contribution in [0.4, 0.5) is 4.39 Å². The van der Waals surface area contributed by atoms with E-state index in [-0.39, 0.29) is 5.82 Å². The van der Waals surface area contributed by atoms with Gasteiger partial charge in [0.25, 0.3) is 0 Å². The molecular formula is C17H21FN2S. The lowest BCUT2D eigenvalue weighted by Gasteiger charge is -2.03. The van der Waals surface area contributed by atoms with Crippen LogP contribution < -0.4 is 5.32 Å². The molecule has 0 bridgehead atoms. The van der Waals surface area contributed by atoms with Gasteiger partial charge in [0.15, 0.2) is 0 Å². The molecule has 1 aliphatic carbocycles. The third-order valence-electron chi connectivity index (χ3n) is 5.15. The Kier molecular flexibility index (Phi) is 3.41. The minimum atomic E-state index is -0.213. The number of thiazole rings is 1. The van der Waals surface area contributed by atoms with Gasteiger partial charge in [-0.05, 0) is 35.1 Å². The fourth-order valence-corrected chi connectivity index (χ4v) is 3.85. The lowest BCUT2D eigenvalue weighted by Crippen LogP contribution is -2.21. The van der Waals surface area contributed by atoms with Crippen molar-refractivity contribution in [1.82, 2.24) is 10.3 Å². The van der Waals surface area contributed by atoms with Crippen LogP contribution in [0.25, 0.3) is 10.6 Å². The molecule has 1 fully saturated rings. The van der Waals surface area contributed by atoms with Crippen molar-refractivity contribution in [3.05, 3.63) is 41.2 Å². The molecule has 0 aliphatic heterocycles. The molecular weight excluding hydrogens is 283 g/mol. The minimum absolute atomic E-state index is 0.213. The second kappa shape index (κ2) is 4.89. The van der Waals surface area contributed by atoms with Gasteiger partial charge in [0.1, 0.15) is 10.8 Å². The predicted octanol–water partition coefficient (Wildman–Crippen LogP) is 4.47. The molecule has 2 nitrogen and oxygen atoms in total. The lowest BCUT2D eigenvalue weighted by molar-refractivity contribution is 0.457. The third-order valence-corrected chi connectivity index (χ3v) is 6.09. The highest BCUT2D eigenvalue weighted by atomic mass is 32.1. The Morgan fingerprint density at radius 3 is 2.33 bits per heavy atom. The molecule has 4 heteroatoms. The molecule has 1 saturated carbocycles. The standard InChI is InChI=1S/C17H21FN2S/c1-16(2)15(17(16,3)4)19-9-13-10-21-14(20-13)11-5-7-12(18)8-6-11/h5-8,10,15,19H,9H2,1-4H3. The maximum Gasteiger partial charge on any atom is 0.123 e. The highest BCUT2D eigenvalue weighted by molar-refractivity contribution is 7.13. The van der Waals surface area contributed by atoms with Gasteiger partial charge in [-0.15, -0.1) is 11.3 Å². The van der Waals surface area contributed by atoms with E-state index in [1.165, 1.54) is 12.1 Å². The Balaban J connectivity index is 1.65. The number of nitrogens with one attached hydrogen (secondary N) is 1. The first kappa shape index (κ1) is 14.7. The lowest BCUT2D eigenvalue weighted by atomic mass is 10.0. The van der Waals surface area contributed by atoms with Crippen LogP contribution in [0.2, 0.25) is 0 Å². The summed E-state index contributed by atoms with van der Waals surface area (Å²) in [6.45, 7) is 9.99. The summed E-state index contributed by atoms with van der Waals surface area (Å²) >= 11 is 1.61. The van der Waals surface area contributed by atoms with Crippen LogP contribution in [0.3, 0.4) is 0 Å². The van der Waals surface area contributed by atoms with E-state index < -0.39 is 0 Å². The summed E-state index contributed by atoms with van der Waals surface area (Å²) in [5.41, 5.74) is 2.70. The Morgan fingerprint density at radius 2 is 1.76 bits per heavy atom. The summed E-state index contributed by atoms with van der Waals surface area (Å²) < 4.78 is 12.9. The number of benzene rings is 1. The van der Waals surface area contributed by atoms with E-state index in [4.69, 9.17) is 0 Å². The van der Waals surface area contributed by atoms with Gasteiger partial charge in [0.2, 0.25) is 0 Å². The van der Waals surface area contributed by atoms with Crippen LogP contribution in [0.5, 0.6) is 0 Å². The van der Waals surface area contributed by atoms with Gasteiger partial charge in [-0.25, -0.2) is 9.37 Å². The number of hydrogen-bond donors (Lipinski definition) is 1. The summed E-state index contributed by atoms with van der Waals surface area (Å²) in [4.78, 5) is 4.64. The van der Waals surface area contributed by atoms with Crippen molar-refractivity contribution in [3.8, 4) is 10.6 Å². The monoisotopic (exact) mass is 304 g/mol. The molecule has 112 valence electrons. The normalized spacial score (nSPS) is 19.7. The molecule has 1 aliphatic rings. The first-order chi connectivity index (χ1) is 9.82. The van der Waals surface area contributed by atoms with E-state index in [0.717, 1.165) is 22.8 Å². The smallest absolute Gasteiger partial charge is 0.123 e. The largest absolute Gasteiger partial charge is 0.307 e. The number of aromatic nitrogens is 1. The van der Waals surface area contributed by atoms with Crippen molar-refractivity contribution in [2.75, 3.05) is 0 Å². The molecule has 0 atom stereocenters. The summed E-state index contributed by atoms with van der Waals surface area (Å²) in [6, 6.07) is 7.03. The Hall–Kier alpha value is -1.26. The summed E-state index contributed by atoms with van der Waals surface area (Å²) in [5.74, 6) is -0.213. The topological polar surface area (TPSA) is 24.9 Å². The third kappa shape index (κ3) is 2.51. The molecule has 1 N–H and O–H groups in total. The summed E-state index contributed by atoms with van der Waals surface area (Å²) in [5, 5.41) is 6.63. The fraction of sp³-hybridized carbons (Fsp3) is 0.471. The predicted molar refractivity (Wildman–Crippen MR) is 85.7 cm³/mol. The molecule has 0 spiro atoms. The average Bonchev–Trinajstić information content (AvgIpc) is 2.78. The van der Waals surface area contributed by atoms with E-state index in [1.54, 1.807) is 23.5 Å². The van der Waals surface area contributed by atoms with E-state index in [0.29, 0.717) is 16.9 Å². The fourth-order valence-electron chi connectivity index (χ4n) is 3.03. The highest BCUT2D eigenvalue weighted by Gasteiger charge is 2.64. The Bertz CT molecular complexity index is 629.